The summed E-state index contributed by atoms with van der Waals surface area (Å²) in [5, 5.41) is 9.82. The Morgan fingerprint density at radius 3 is 2.57 bits per heavy atom. The number of piperidine rings is 1. The van der Waals surface area contributed by atoms with Crippen molar-refractivity contribution >= 4 is 37.6 Å². The van der Waals surface area contributed by atoms with Gasteiger partial charge in [-0.05, 0) is 46.3 Å². The normalized spacial score (nSPS) is 23.5. The molecular formula is C20H16BrClFN3O3S. The SMILES string of the molecule is O=S(=O)(c1cc(-c2ncc(-c3ccc(Br)c(F)c3)[nH]2)ccc1Cl)N1C[C@@H]2[C@@H](O)[C@@H]2C1. The molecule has 1 aromatic heterocycles. The number of nitrogens with zero attached hydrogens (tertiary/aromatic N) is 2. The Kier molecular flexibility index (Phi) is 4.79. The Hall–Kier alpha value is -1.78. The van der Waals surface area contributed by atoms with Crippen LogP contribution in [0.5, 0.6) is 0 Å². The molecule has 156 valence electrons. The van der Waals surface area contributed by atoms with Crippen molar-refractivity contribution in [3.8, 4) is 22.6 Å². The van der Waals surface area contributed by atoms with Crippen molar-refractivity contribution in [2.24, 2.45) is 11.8 Å². The number of aliphatic hydroxyl groups is 1. The summed E-state index contributed by atoms with van der Waals surface area (Å²) in [6.45, 7) is 0.601. The van der Waals surface area contributed by atoms with Gasteiger partial charge in [0.1, 0.15) is 16.5 Å². The summed E-state index contributed by atoms with van der Waals surface area (Å²) in [6, 6.07) is 9.42. The van der Waals surface area contributed by atoms with Crippen molar-refractivity contribution in [1.82, 2.24) is 14.3 Å². The van der Waals surface area contributed by atoms with Crippen LogP contribution in [0, 0.1) is 17.7 Å². The molecule has 2 fully saturated rings. The van der Waals surface area contributed by atoms with E-state index in [0.29, 0.717) is 40.2 Å². The van der Waals surface area contributed by atoms with Crippen molar-refractivity contribution in [2.75, 3.05) is 13.1 Å². The fourth-order valence-corrected chi connectivity index (χ4v) is 6.18. The van der Waals surface area contributed by atoms with Crippen LogP contribution in [0.1, 0.15) is 0 Å². The van der Waals surface area contributed by atoms with E-state index in [2.05, 4.69) is 25.9 Å². The highest BCUT2D eigenvalue weighted by Gasteiger charge is 2.57. The van der Waals surface area contributed by atoms with Gasteiger partial charge in [-0.25, -0.2) is 17.8 Å². The van der Waals surface area contributed by atoms with Crippen LogP contribution in [0.25, 0.3) is 22.6 Å². The maximum Gasteiger partial charge on any atom is 0.244 e. The molecular weight excluding hydrogens is 497 g/mol. The van der Waals surface area contributed by atoms with Gasteiger partial charge in [-0.1, -0.05) is 17.7 Å². The van der Waals surface area contributed by atoms with E-state index in [1.54, 1.807) is 24.4 Å². The second-order valence-corrected chi connectivity index (χ2v) is 10.7. The standard InChI is InChI=1S/C20H16BrClFN3O3S/c21-14-3-1-10(5-16(14)23)17-7-24-20(25-17)11-2-4-15(22)18(6-11)30(28,29)26-8-12-13(9-26)19(12)27/h1-7,12-13,19,27H,8-9H2,(H,24,25)/t12-,13+,19+. The van der Waals surface area contributed by atoms with E-state index in [4.69, 9.17) is 11.6 Å². The lowest BCUT2D eigenvalue weighted by Gasteiger charge is -2.19. The number of H-pyrrole nitrogens is 1. The van der Waals surface area contributed by atoms with Gasteiger partial charge in [-0.15, -0.1) is 0 Å². The Morgan fingerprint density at radius 2 is 1.87 bits per heavy atom. The Bertz CT molecular complexity index is 1250. The number of aromatic amines is 1. The first kappa shape index (κ1) is 20.1. The highest BCUT2D eigenvalue weighted by molar-refractivity contribution is 9.10. The van der Waals surface area contributed by atoms with Crippen LogP contribution in [-0.4, -0.2) is 47.0 Å². The summed E-state index contributed by atoms with van der Waals surface area (Å²) in [6.07, 6.45) is 1.17. The molecule has 0 radical (unpaired) electrons. The molecule has 1 saturated heterocycles. The minimum Gasteiger partial charge on any atom is -0.392 e. The summed E-state index contributed by atoms with van der Waals surface area (Å²) in [5.74, 6) is 0.0831. The second-order valence-electron chi connectivity index (χ2n) is 7.56. The van der Waals surface area contributed by atoms with E-state index in [9.17, 15) is 17.9 Å². The van der Waals surface area contributed by atoms with E-state index in [-0.39, 0.29) is 21.8 Å². The zero-order valence-corrected chi connectivity index (χ0v) is 18.5. The van der Waals surface area contributed by atoms with Gasteiger partial charge in [0.15, 0.2) is 0 Å². The fraction of sp³-hybridized carbons (Fsp3) is 0.250. The molecule has 1 aliphatic carbocycles. The van der Waals surface area contributed by atoms with Gasteiger partial charge in [0.2, 0.25) is 10.0 Å². The minimum absolute atomic E-state index is 0.00472. The predicted octanol–water partition coefficient (Wildman–Crippen LogP) is 3.91. The Labute approximate surface area is 185 Å². The van der Waals surface area contributed by atoms with Crippen molar-refractivity contribution in [3.63, 3.8) is 0 Å². The molecule has 3 aromatic rings. The zero-order valence-electron chi connectivity index (χ0n) is 15.4. The number of hydrogen-bond acceptors (Lipinski definition) is 4. The minimum atomic E-state index is -3.79. The summed E-state index contributed by atoms with van der Waals surface area (Å²) < 4.78 is 41.8. The number of halogens is 3. The predicted molar refractivity (Wildman–Crippen MR) is 114 cm³/mol. The smallest absolute Gasteiger partial charge is 0.244 e. The van der Waals surface area contributed by atoms with E-state index < -0.39 is 21.9 Å². The van der Waals surface area contributed by atoms with Crippen molar-refractivity contribution < 1.29 is 17.9 Å². The molecule has 0 spiro atoms. The number of aromatic nitrogens is 2. The number of benzene rings is 2. The van der Waals surface area contributed by atoms with Crippen LogP contribution in [0.15, 0.2) is 52.0 Å². The monoisotopic (exact) mass is 511 g/mol. The number of aliphatic hydroxyl groups excluding tert-OH is 1. The Morgan fingerprint density at radius 1 is 1.17 bits per heavy atom. The number of nitrogens with one attached hydrogen (secondary N) is 1. The topological polar surface area (TPSA) is 86.3 Å². The molecule has 1 saturated carbocycles. The molecule has 2 heterocycles. The van der Waals surface area contributed by atoms with Gasteiger partial charge in [-0.2, -0.15) is 4.31 Å². The molecule has 5 rings (SSSR count). The maximum absolute atomic E-state index is 13.8. The number of hydrogen-bond donors (Lipinski definition) is 2. The Balaban J connectivity index is 1.47. The summed E-state index contributed by atoms with van der Waals surface area (Å²) in [5.41, 5.74) is 1.77. The quantitative estimate of drug-likeness (QED) is 0.555. The molecule has 0 amide bonds. The van der Waals surface area contributed by atoms with Crippen LogP contribution in [0.4, 0.5) is 4.39 Å². The third kappa shape index (κ3) is 3.29. The maximum atomic E-state index is 13.8. The molecule has 2 N–H and O–H groups in total. The van der Waals surface area contributed by atoms with Gasteiger partial charge >= 0.3 is 0 Å². The first-order valence-electron chi connectivity index (χ1n) is 9.24. The molecule has 0 unspecified atom stereocenters. The van der Waals surface area contributed by atoms with Crippen LogP contribution < -0.4 is 0 Å². The summed E-state index contributed by atoms with van der Waals surface area (Å²) >= 11 is 9.35. The lowest BCUT2D eigenvalue weighted by molar-refractivity contribution is 0.219. The van der Waals surface area contributed by atoms with Crippen LogP contribution >= 0.6 is 27.5 Å². The number of rotatable bonds is 4. The number of fused-ring (bicyclic) bond motifs is 1. The van der Waals surface area contributed by atoms with Gasteiger partial charge < -0.3 is 10.1 Å². The van der Waals surface area contributed by atoms with E-state index in [0.717, 1.165) is 0 Å². The highest BCUT2D eigenvalue weighted by Crippen LogP contribution is 2.47. The van der Waals surface area contributed by atoms with Gasteiger partial charge in [-0.3, -0.25) is 0 Å². The molecule has 0 bridgehead atoms. The van der Waals surface area contributed by atoms with E-state index >= 15 is 0 Å². The van der Waals surface area contributed by atoms with E-state index in [1.807, 2.05) is 0 Å². The molecule has 10 heteroatoms. The second kappa shape index (κ2) is 7.13. The number of imidazole rings is 1. The summed E-state index contributed by atoms with van der Waals surface area (Å²) in [4.78, 5) is 7.43. The molecule has 30 heavy (non-hydrogen) atoms. The van der Waals surface area contributed by atoms with Gasteiger partial charge in [0.05, 0.1) is 27.5 Å². The third-order valence-electron chi connectivity index (χ3n) is 5.74. The van der Waals surface area contributed by atoms with Crippen molar-refractivity contribution in [1.29, 1.82) is 0 Å². The molecule has 2 aromatic carbocycles. The molecule has 2 aliphatic rings. The molecule has 3 atom stereocenters. The van der Waals surface area contributed by atoms with Crippen LogP contribution in [0.2, 0.25) is 5.02 Å². The van der Waals surface area contributed by atoms with E-state index in [1.165, 1.54) is 22.5 Å². The largest absolute Gasteiger partial charge is 0.392 e. The molecule has 6 nitrogen and oxygen atoms in total. The lowest BCUT2D eigenvalue weighted by atomic mass is 10.2. The molecule has 1 aliphatic heterocycles. The number of sulfonamides is 1. The average Bonchev–Trinajstić information content (AvgIpc) is 3.15. The highest BCUT2D eigenvalue weighted by atomic mass is 79.9. The average molecular weight is 513 g/mol. The fourth-order valence-electron chi connectivity index (χ4n) is 3.92. The lowest BCUT2D eigenvalue weighted by Crippen LogP contribution is -2.32. The summed E-state index contributed by atoms with van der Waals surface area (Å²) in [7, 11) is -3.79. The van der Waals surface area contributed by atoms with Crippen LogP contribution in [0.3, 0.4) is 0 Å². The van der Waals surface area contributed by atoms with Crippen molar-refractivity contribution in [2.45, 2.75) is 11.0 Å². The zero-order chi connectivity index (χ0) is 21.2. The first-order valence-corrected chi connectivity index (χ1v) is 11.9. The first-order chi connectivity index (χ1) is 14.3. The van der Waals surface area contributed by atoms with Gasteiger partial charge in [0.25, 0.3) is 0 Å². The van der Waals surface area contributed by atoms with Crippen molar-refractivity contribution in [3.05, 3.63) is 57.9 Å². The van der Waals surface area contributed by atoms with Crippen LogP contribution in [-0.2, 0) is 10.0 Å². The van der Waals surface area contributed by atoms with Gasteiger partial charge in [0, 0.05) is 36.1 Å². The third-order valence-corrected chi connectivity index (χ3v) is 8.70.